The van der Waals surface area contributed by atoms with Crippen LogP contribution in [0.4, 0.5) is 0 Å². The van der Waals surface area contributed by atoms with Gasteiger partial charge < -0.3 is 10.6 Å². The van der Waals surface area contributed by atoms with E-state index >= 15 is 0 Å². The Bertz CT molecular complexity index is 366. The van der Waals surface area contributed by atoms with Crippen LogP contribution in [0.5, 0.6) is 0 Å². The third-order valence-corrected chi connectivity index (χ3v) is 4.61. The van der Waals surface area contributed by atoms with Crippen molar-refractivity contribution in [3.63, 3.8) is 0 Å². The third kappa shape index (κ3) is 4.25. The van der Waals surface area contributed by atoms with Gasteiger partial charge in [-0.2, -0.15) is 0 Å². The maximum atomic E-state index is 11.8. The molecule has 0 bridgehead atoms. The topological polar surface area (TPSA) is 41.1 Å². The van der Waals surface area contributed by atoms with Crippen molar-refractivity contribution in [2.75, 3.05) is 19.6 Å². The molecule has 6 heteroatoms. The summed E-state index contributed by atoms with van der Waals surface area (Å²) in [6.07, 6.45) is 2.42. The molecule has 17 heavy (non-hydrogen) atoms. The molecule has 0 aliphatic carbocycles. The van der Waals surface area contributed by atoms with Gasteiger partial charge in [-0.1, -0.05) is 0 Å². The van der Waals surface area contributed by atoms with E-state index in [2.05, 4.69) is 26.6 Å². The van der Waals surface area contributed by atoms with Crippen molar-refractivity contribution in [1.29, 1.82) is 0 Å². The third-order valence-electron chi connectivity index (χ3n) is 2.77. The zero-order valence-electron chi connectivity index (χ0n) is 9.37. The zero-order chi connectivity index (χ0) is 11.4. The average molecular weight is 340 g/mol. The van der Waals surface area contributed by atoms with Crippen molar-refractivity contribution < 1.29 is 4.79 Å². The molecule has 1 amide bonds. The van der Waals surface area contributed by atoms with E-state index in [-0.39, 0.29) is 18.3 Å². The molecule has 0 radical (unpaired) electrons. The molecule has 2 heterocycles. The zero-order valence-corrected chi connectivity index (χ0v) is 12.6. The monoisotopic (exact) mass is 338 g/mol. The van der Waals surface area contributed by atoms with Gasteiger partial charge >= 0.3 is 0 Å². The summed E-state index contributed by atoms with van der Waals surface area (Å²) in [7, 11) is 0. The molecule has 1 aliphatic heterocycles. The number of carbonyl (C=O) groups is 1. The number of thiophene rings is 1. The van der Waals surface area contributed by atoms with E-state index in [9.17, 15) is 4.79 Å². The van der Waals surface area contributed by atoms with Crippen LogP contribution in [-0.2, 0) is 0 Å². The number of hydrogen-bond acceptors (Lipinski definition) is 3. The molecule has 1 fully saturated rings. The number of piperidine rings is 1. The van der Waals surface area contributed by atoms with Crippen molar-refractivity contribution in [1.82, 2.24) is 10.6 Å². The molecule has 2 rings (SSSR count). The number of nitrogens with one attached hydrogen (secondary N) is 2. The van der Waals surface area contributed by atoms with Gasteiger partial charge in [0.15, 0.2) is 0 Å². The van der Waals surface area contributed by atoms with Crippen molar-refractivity contribution >= 4 is 45.6 Å². The van der Waals surface area contributed by atoms with Gasteiger partial charge in [-0.05, 0) is 59.2 Å². The summed E-state index contributed by atoms with van der Waals surface area (Å²) in [4.78, 5) is 12.6. The lowest BCUT2D eigenvalue weighted by molar-refractivity contribution is 0.0948. The Morgan fingerprint density at radius 1 is 1.65 bits per heavy atom. The molecular weight excluding hydrogens is 324 g/mol. The molecule has 1 aliphatic rings. The van der Waals surface area contributed by atoms with Crippen molar-refractivity contribution in [2.24, 2.45) is 5.92 Å². The predicted octanol–water partition coefficient (Wildman–Crippen LogP) is 2.66. The first kappa shape index (κ1) is 15.0. The van der Waals surface area contributed by atoms with Crippen molar-refractivity contribution in [3.05, 3.63) is 20.8 Å². The van der Waals surface area contributed by atoms with Gasteiger partial charge in [-0.3, -0.25) is 4.79 Å². The van der Waals surface area contributed by atoms with Gasteiger partial charge in [0.1, 0.15) is 4.88 Å². The summed E-state index contributed by atoms with van der Waals surface area (Å²) in [5.74, 6) is 0.615. The molecule has 3 nitrogen and oxygen atoms in total. The predicted molar refractivity (Wildman–Crippen MR) is 77.2 cm³/mol. The Labute approximate surface area is 120 Å². The fourth-order valence-corrected chi connectivity index (χ4v) is 3.34. The summed E-state index contributed by atoms with van der Waals surface area (Å²) in [5.41, 5.74) is 0. The molecule has 0 aromatic carbocycles. The van der Waals surface area contributed by atoms with E-state index in [0.717, 1.165) is 29.0 Å². The Morgan fingerprint density at radius 2 is 2.47 bits per heavy atom. The summed E-state index contributed by atoms with van der Waals surface area (Å²) in [5, 5.41) is 8.26. The molecule has 1 aromatic rings. The number of rotatable bonds is 3. The first-order chi connectivity index (χ1) is 7.77. The van der Waals surface area contributed by atoms with Crippen molar-refractivity contribution in [2.45, 2.75) is 12.8 Å². The lowest BCUT2D eigenvalue weighted by Gasteiger charge is -2.22. The van der Waals surface area contributed by atoms with Crippen LogP contribution in [0.1, 0.15) is 22.5 Å². The minimum Gasteiger partial charge on any atom is -0.351 e. The minimum atomic E-state index is 0. The normalized spacial score (nSPS) is 19.5. The molecule has 0 saturated carbocycles. The SMILES string of the molecule is Cl.O=C(NCC1CCCNC1)c1sccc1Br. The van der Waals surface area contributed by atoms with Crippen LogP contribution < -0.4 is 10.6 Å². The quantitative estimate of drug-likeness (QED) is 0.889. The van der Waals surface area contributed by atoms with Crippen LogP contribution in [0.3, 0.4) is 0 Å². The van der Waals surface area contributed by atoms with Gasteiger partial charge in [0.05, 0.1) is 0 Å². The molecule has 1 aromatic heterocycles. The number of halogens is 2. The number of amides is 1. The highest BCUT2D eigenvalue weighted by Crippen LogP contribution is 2.22. The van der Waals surface area contributed by atoms with E-state index in [1.165, 1.54) is 24.2 Å². The summed E-state index contributed by atoms with van der Waals surface area (Å²) in [6, 6.07) is 1.90. The fraction of sp³-hybridized carbons (Fsp3) is 0.545. The first-order valence-electron chi connectivity index (χ1n) is 5.49. The summed E-state index contributed by atoms with van der Waals surface area (Å²) < 4.78 is 0.886. The Morgan fingerprint density at radius 3 is 3.06 bits per heavy atom. The second-order valence-corrected chi connectivity index (χ2v) is 5.79. The number of hydrogen-bond donors (Lipinski definition) is 2. The van der Waals surface area contributed by atoms with Crippen LogP contribution in [0.2, 0.25) is 0 Å². The molecule has 1 unspecified atom stereocenters. The maximum absolute atomic E-state index is 11.8. The first-order valence-corrected chi connectivity index (χ1v) is 7.16. The van der Waals surface area contributed by atoms with Gasteiger partial charge in [0.2, 0.25) is 0 Å². The molecule has 1 saturated heterocycles. The molecule has 1 atom stereocenters. The standard InChI is InChI=1S/C11H15BrN2OS.ClH/c12-9-3-5-16-10(9)11(15)14-7-8-2-1-4-13-6-8;/h3,5,8,13H,1-2,4,6-7H2,(H,14,15);1H. The van der Waals surface area contributed by atoms with E-state index in [1.807, 2.05) is 11.4 Å². The summed E-state index contributed by atoms with van der Waals surface area (Å²) in [6.45, 7) is 2.91. The van der Waals surface area contributed by atoms with Crippen LogP contribution in [0, 0.1) is 5.92 Å². The largest absolute Gasteiger partial charge is 0.351 e. The van der Waals surface area contributed by atoms with Gasteiger partial charge in [0.25, 0.3) is 5.91 Å². The molecule has 0 spiro atoms. The number of carbonyl (C=O) groups excluding carboxylic acids is 1. The lowest BCUT2D eigenvalue weighted by atomic mass is 10.00. The molecule has 96 valence electrons. The maximum Gasteiger partial charge on any atom is 0.262 e. The fourth-order valence-electron chi connectivity index (χ4n) is 1.87. The van der Waals surface area contributed by atoms with Crippen LogP contribution in [0.15, 0.2) is 15.9 Å². The Balaban J connectivity index is 0.00000144. The van der Waals surface area contributed by atoms with Gasteiger partial charge in [-0.15, -0.1) is 23.7 Å². The Kier molecular flexibility index (Phi) is 6.48. The molecular formula is C11H16BrClN2OS. The highest BCUT2D eigenvalue weighted by Gasteiger charge is 2.16. The van der Waals surface area contributed by atoms with E-state index in [0.29, 0.717) is 5.92 Å². The van der Waals surface area contributed by atoms with Gasteiger partial charge in [0, 0.05) is 11.0 Å². The van der Waals surface area contributed by atoms with Gasteiger partial charge in [-0.25, -0.2) is 0 Å². The smallest absolute Gasteiger partial charge is 0.262 e. The second-order valence-electron chi connectivity index (χ2n) is 4.02. The van der Waals surface area contributed by atoms with Crippen LogP contribution in [0.25, 0.3) is 0 Å². The van der Waals surface area contributed by atoms with E-state index in [4.69, 9.17) is 0 Å². The molecule has 2 N–H and O–H groups in total. The van der Waals surface area contributed by atoms with E-state index in [1.54, 1.807) is 0 Å². The summed E-state index contributed by atoms with van der Waals surface area (Å²) >= 11 is 4.84. The highest BCUT2D eigenvalue weighted by atomic mass is 79.9. The lowest BCUT2D eigenvalue weighted by Crippen LogP contribution is -2.37. The van der Waals surface area contributed by atoms with Crippen LogP contribution in [-0.4, -0.2) is 25.5 Å². The van der Waals surface area contributed by atoms with Crippen LogP contribution >= 0.6 is 39.7 Å². The second kappa shape index (κ2) is 7.36. The van der Waals surface area contributed by atoms with Crippen molar-refractivity contribution in [3.8, 4) is 0 Å². The highest BCUT2D eigenvalue weighted by molar-refractivity contribution is 9.10. The average Bonchev–Trinajstić information content (AvgIpc) is 2.74. The van der Waals surface area contributed by atoms with E-state index < -0.39 is 0 Å². The minimum absolute atomic E-state index is 0. The Hall–Kier alpha value is -0.100.